The van der Waals surface area contributed by atoms with Crippen LogP contribution in [0.5, 0.6) is 0 Å². The highest BCUT2D eigenvalue weighted by Crippen LogP contribution is 2.16. The first-order valence-corrected chi connectivity index (χ1v) is 17.3. The van der Waals surface area contributed by atoms with Crippen LogP contribution in [0, 0.1) is 5.92 Å². The van der Waals surface area contributed by atoms with E-state index >= 15 is 0 Å². The maximum Gasteiger partial charge on any atom is 0.310 e. The van der Waals surface area contributed by atoms with Gasteiger partial charge in [0, 0.05) is 0 Å². The van der Waals surface area contributed by atoms with E-state index in [1.807, 2.05) is 6.08 Å². The van der Waals surface area contributed by atoms with E-state index in [1.165, 1.54) is 154 Å². The van der Waals surface area contributed by atoms with Crippen LogP contribution in [0.15, 0.2) is 24.8 Å². The lowest BCUT2D eigenvalue weighted by Gasteiger charge is -2.11. The zero-order valence-corrected chi connectivity index (χ0v) is 26.5. The smallest absolute Gasteiger partial charge is 0.310 e. The van der Waals surface area contributed by atoms with E-state index in [1.54, 1.807) is 0 Å². The maximum absolute atomic E-state index is 11.9. The van der Waals surface area contributed by atoms with Crippen LogP contribution in [0.2, 0.25) is 0 Å². The first-order valence-electron chi connectivity index (χ1n) is 17.3. The van der Waals surface area contributed by atoms with Gasteiger partial charge in [0.15, 0.2) is 0 Å². The molecule has 1 atom stereocenters. The number of hydrogen-bond acceptors (Lipinski definition) is 3. The zero-order valence-electron chi connectivity index (χ0n) is 26.5. The molecule has 0 spiro atoms. The first kappa shape index (κ1) is 38.4. The minimum Gasteiger partial charge on any atom is -0.481 e. The predicted molar refractivity (Wildman–Crippen MR) is 172 cm³/mol. The zero-order chi connectivity index (χ0) is 29.4. The highest BCUT2D eigenvalue weighted by atomic mass is 16.5. The van der Waals surface area contributed by atoms with Crippen molar-refractivity contribution < 1.29 is 19.4 Å². The molecule has 0 aromatic carbocycles. The molecular weight excluding hydrogens is 496 g/mol. The van der Waals surface area contributed by atoms with E-state index in [0.717, 1.165) is 12.8 Å². The number of carbonyl (C=O) groups is 2. The third-order valence-corrected chi connectivity index (χ3v) is 7.91. The van der Waals surface area contributed by atoms with Crippen molar-refractivity contribution in [1.29, 1.82) is 0 Å². The molecule has 234 valence electrons. The van der Waals surface area contributed by atoms with Gasteiger partial charge in [-0.05, 0) is 19.3 Å². The molecule has 0 rings (SSSR count). The second-order valence-corrected chi connectivity index (χ2v) is 11.8. The Bertz CT molecular complexity index is 598. The van der Waals surface area contributed by atoms with Crippen LogP contribution in [0.4, 0.5) is 0 Å². The van der Waals surface area contributed by atoms with Gasteiger partial charge in [-0.2, -0.15) is 0 Å². The number of hydrogen-bond donors (Lipinski definition) is 1. The second kappa shape index (κ2) is 31.9. The number of carbonyl (C=O) groups excluding carboxylic acids is 1. The molecule has 0 heterocycles. The highest BCUT2D eigenvalue weighted by molar-refractivity contribution is 5.79. The van der Waals surface area contributed by atoms with E-state index in [4.69, 9.17) is 9.84 Å². The van der Waals surface area contributed by atoms with E-state index < -0.39 is 17.9 Å². The summed E-state index contributed by atoms with van der Waals surface area (Å²) in [6, 6.07) is 0. The van der Waals surface area contributed by atoms with E-state index in [9.17, 15) is 9.59 Å². The Kier molecular flexibility index (Phi) is 30.7. The Hall–Kier alpha value is -1.58. The lowest BCUT2D eigenvalue weighted by molar-refractivity contribution is -0.152. The molecule has 1 unspecified atom stereocenters. The largest absolute Gasteiger partial charge is 0.481 e. The Morgan fingerprint density at radius 3 is 1.35 bits per heavy atom. The van der Waals surface area contributed by atoms with Crippen LogP contribution in [-0.2, 0) is 14.3 Å². The Labute approximate surface area is 248 Å². The van der Waals surface area contributed by atoms with Crippen LogP contribution in [-0.4, -0.2) is 23.7 Å². The predicted octanol–water partition coefficient (Wildman–Crippen LogP) is 11.5. The number of allylic oxidation sites excluding steroid dienone is 2. The van der Waals surface area contributed by atoms with Crippen LogP contribution in [0.25, 0.3) is 0 Å². The Morgan fingerprint density at radius 2 is 1.00 bits per heavy atom. The number of rotatable bonds is 32. The Morgan fingerprint density at radius 1 is 0.625 bits per heavy atom. The van der Waals surface area contributed by atoms with Crippen LogP contribution in [0.1, 0.15) is 180 Å². The van der Waals surface area contributed by atoms with Gasteiger partial charge in [-0.3, -0.25) is 9.59 Å². The van der Waals surface area contributed by atoms with Crippen molar-refractivity contribution in [3.05, 3.63) is 24.8 Å². The standard InChI is InChI=1S/C36H66O4/c1-3-5-6-7-8-9-10-11-12-13-14-15-16-17-18-19-20-21-22-23-24-25-26-27-28-29-30-31-34(33-35(37)38)36(39)40-32-4-2/h4,29-30,34H,2-3,5-28,31-33H2,1H3,(H,37,38)/b30-29+. The summed E-state index contributed by atoms with van der Waals surface area (Å²) in [7, 11) is 0. The van der Waals surface area contributed by atoms with Gasteiger partial charge in [-0.1, -0.05) is 179 Å². The number of unbranched alkanes of at least 4 members (excludes halogenated alkanes) is 24. The number of carboxylic acids is 1. The maximum atomic E-state index is 11.9. The topological polar surface area (TPSA) is 63.6 Å². The SMILES string of the molecule is C=CCOC(=O)C(C/C=C/CCCCCCCCCCCCCCCCCCCCCCCCCC)CC(=O)O. The second-order valence-electron chi connectivity index (χ2n) is 11.8. The average molecular weight is 563 g/mol. The first-order chi connectivity index (χ1) is 19.6. The van der Waals surface area contributed by atoms with Gasteiger partial charge in [-0.25, -0.2) is 0 Å². The van der Waals surface area contributed by atoms with Crippen LogP contribution < -0.4 is 0 Å². The molecule has 0 saturated carbocycles. The quantitative estimate of drug-likeness (QED) is 0.0503. The van der Waals surface area contributed by atoms with Crippen molar-refractivity contribution in [3.63, 3.8) is 0 Å². The molecule has 0 bridgehead atoms. The van der Waals surface area contributed by atoms with Crippen molar-refractivity contribution >= 4 is 11.9 Å². The summed E-state index contributed by atoms with van der Waals surface area (Å²) >= 11 is 0. The summed E-state index contributed by atoms with van der Waals surface area (Å²) in [5, 5.41) is 9.01. The van der Waals surface area contributed by atoms with Gasteiger partial charge < -0.3 is 9.84 Å². The lowest BCUT2D eigenvalue weighted by atomic mass is 10.0. The number of esters is 1. The van der Waals surface area contributed by atoms with Crippen LogP contribution >= 0.6 is 0 Å². The van der Waals surface area contributed by atoms with Crippen molar-refractivity contribution in [3.8, 4) is 0 Å². The van der Waals surface area contributed by atoms with Gasteiger partial charge >= 0.3 is 11.9 Å². The third kappa shape index (κ3) is 29.4. The molecule has 0 saturated heterocycles. The van der Waals surface area contributed by atoms with Gasteiger partial charge in [0.05, 0.1) is 12.3 Å². The number of carboxylic acid groups (broad SMARTS) is 1. The molecule has 4 nitrogen and oxygen atoms in total. The van der Waals surface area contributed by atoms with E-state index in [2.05, 4.69) is 19.6 Å². The fraction of sp³-hybridized carbons (Fsp3) is 0.833. The van der Waals surface area contributed by atoms with Gasteiger partial charge in [0.2, 0.25) is 0 Å². The Balaban J connectivity index is 3.35. The third-order valence-electron chi connectivity index (χ3n) is 7.91. The van der Waals surface area contributed by atoms with Crippen molar-refractivity contribution in [2.45, 2.75) is 180 Å². The summed E-state index contributed by atoms with van der Waals surface area (Å²) in [6.07, 6.45) is 40.3. The molecule has 0 amide bonds. The molecule has 0 radical (unpaired) electrons. The van der Waals surface area contributed by atoms with Crippen molar-refractivity contribution in [2.75, 3.05) is 6.61 Å². The molecule has 4 heteroatoms. The molecule has 1 N–H and O–H groups in total. The van der Waals surface area contributed by atoms with Crippen LogP contribution in [0.3, 0.4) is 0 Å². The summed E-state index contributed by atoms with van der Waals surface area (Å²) in [5.74, 6) is -2.05. The number of aliphatic carboxylic acids is 1. The summed E-state index contributed by atoms with van der Waals surface area (Å²) in [6.45, 7) is 5.93. The molecule has 0 aromatic rings. The fourth-order valence-electron chi connectivity index (χ4n) is 5.34. The minimum atomic E-state index is -0.973. The molecule has 40 heavy (non-hydrogen) atoms. The molecule has 0 aliphatic heterocycles. The van der Waals surface area contributed by atoms with Crippen molar-refractivity contribution in [2.24, 2.45) is 5.92 Å². The van der Waals surface area contributed by atoms with E-state index in [-0.39, 0.29) is 13.0 Å². The molecular formula is C36H66O4. The van der Waals surface area contributed by atoms with Gasteiger partial charge in [0.25, 0.3) is 0 Å². The highest BCUT2D eigenvalue weighted by Gasteiger charge is 2.21. The summed E-state index contributed by atoms with van der Waals surface area (Å²) < 4.78 is 5.01. The average Bonchev–Trinajstić information content (AvgIpc) is 2.94. The lowest BCUT2D eigenvalue weighted by Crippen LogP contribution is -2.20. The monoisotopic (exact) mass is 562 g/mol. The summed E-state index contributed by atoms with van der Waals surface area (Å²) in [4.78, 5) is 22.9. The summed E-state index contributed by atoms with van der Waals surface area (Å²) in [5.41, 5.74) is 0. The van der Waals surface area contributed by atoms with E-state index in [0.29, 0.717) is 6.42 Å². The number of ether oxygens (including phenoxy) is 1. The van der Waals surface area contributed by atoms with Gasteiger partial charge in [-0.15, -0.1) is 0 Å². The van der Waals surface area contributed by atoms with Gasteiger partial charge in [0.1, 0.15) is 6.61 Å². The molecule has 0 fully saturated rings. The van der Waals surface area contributed by atoms with Crippen molar-refractivity contribution in [1.82, 2.24) is 0 Å². The fourth-order valence-corrected chi connectivity index (χ4v) is 5.34. The normalized spacial score (nSPS) is 12.1. The molecule has 0 aliphatic carbocycles. The molecule has 0 aliphatic rings. The minimum absolute atomic E-state index is 0.123. The molecule has 0 aromatic heterocycles.